The third kappa shape index (κ3) is 4.88. The van der Waals surface area contributed by atoms with Crippen molar-refractivity contribution < 1.29 is 27.5 Å². The molecule has 7 nitrogen and oxygen atoms in total. The fraction of sp³-hybridized carbons (Fsp3) is 0.364. The number of esters is 1. The molecule has 1 heterocycles. The van der Waals surface area contributed by atoms with Crippen LogP contribution in [0.2, 0.25) is 0 Å². The summed E-state index contributed by atoms with van der Waals surface area (Å²) >= 11 is 0. The lowest BCUT2D eigenvalue weighted by atomic mass is 10.1. The summed E-state index contributed by atoms with van der Waals surface area (Å²) in [6.45, 7) is 2.32. The zero-order chi connectivity index (χ0) is 21.7. The van der Waals surface area contributed by atoms with Crippen molar-refractivity contribution in [2.75, 3.05) is 20.2 Å². The Bertz CT molecular complexity index is 1040. The number of hydrogen-bond donors (Lipinski definition) is 0. The molecule has 0 unspecified atom stereocenters. The average molecular weight is 432 g/mol. The van der Waals surface area contributed by atoms with Gasteiger partial charge in [-0.05, 0) is 56.2 Å². The molecule has 0 aromatic heterocycles. The molecule has 2 aromatic rings. The zero-order valence-corrected chi connectivity index (χ0v) is 17.9. The average Bonchev–Trinajstić information content (AvgIpc) is 2.77. The molecule has 0 spiro atoms. The number of benzene rings is 2. The van der Waals surface area contributed by atoms with Gasteiger partial charge in [0.2, 0.25) is 10.0 Å². The van der Waals surface area contributed by atoms with Gasteiger partial charge < -0.3 is 9.47 Å². The van der Waals surface area contributed by atoms with Crippen LogP contribution in [0.4, 0.5) is 0 Å². The van der Waals surface area contributed by atoms with Crippen LogP contribution in [0.1, 0.15) is 52.5 Å². The van der Waals surface area contributed by atoms with Crippen LogP contribution in [0.3, 0.4) is 0 Å². The minimum absolute atomic E-state index is 0.0787. The van der Waals surface area contributed by atoms with Crippen molar-refractivity contribution in [1.29, 1.82) is 0 Å². The van der Waals surface area contributed by atoms with E-state index in [0.29, 0.717) is 30.0 Å². The maximum atomic E-state index is 12.9. The first kappa shape index (κ1) is 22.0. The predicted octanol–water partition coefficient (Wildman–Crippen LogP) is 3.43. The Balaban J connectivity index is 1.76. The molecule has 1 aliphatic heterocycles. The summed E-state index contributed by atoms with van der Waals surface area (Å²) in [7, 11) is -2.15. The molecule has 160 valence electrons. The predicted molar refractivity (Wildman–Crippen MR) is 111 cm³/mol. The summed E-state index contributed by atoms with van der Waals surface area (Å²) in [5.41, 5.74) is 1.18. The highest BCUT2D eigenvalue weighted by atomic mass is 32.2. The SMILES string of the molecule is COc1ccc(C(C)=O)cc1COC(=O)c1cccc(S(=O)(=O)N2CCCCC2)c1. The van der Waals surface area contributed by atoms with Crippen molar-refractivity contribution in [3.63, 3.8) is 0 Å². The topological polar surface area (TPSA) is 90.0 Å². The van der Waals surface area contributed by atoms with E-state index >= 15 is 0 Å². The number of carbonyl (C=O) groups is 2. The molecule has 0 atom stereocenters. The van der Waals surface area contributed by atoms with Crippen molar-refractivity contribution in [2.24, 2.45) is 0 Å². The van der Waals surface area contributed by atoms with Gasteiger partial charge in [0.25, 0.3) is 0 Å². The first-order chi connectivity index (χ1) is 14.3. The number of sulfonamides is 1. The van der Waals surface area contributed by atoms with Gasteiger partial charge >= 0.3 is 5.97 Å². The highest BCUT2D eigenvalue weighted by Crippen LogP contribution is 2.24. The Labute approximate surface area is 176 Å². The van der Waals surface area contributed by atoms with Crippen molar-refractivity contribution in [3.05, 3.63) is 59.2 Å². The minimum Gasteiger partial charge on any atom is -0.496 e. The Kier molecular flexibility index (Phi) is 6.89. The van der Waals surface area contributed by atoms with Crippen LogP contribution in [-0.4, -0.2) is 44.7 Å². The first-order valence-corrected chi connectivity index (χ1v) is 11.2. The van der Waals surface area contributed by atoms with E-state index in [1.54, 1.807) is 18.2 Å². The molecule has 0 bridgehead atoms. The minimum atomic E-state index is -3.64. The van der Waals surface area contributed by atoms with E-state index in [0.717, 1.165) is 19.3 Å². The number of nitrogens with zero attached hydrogens (tertiary/aromatic N) is 1. The summed E-state index contributed by atoms with van der Waals surface area (Å²) in [5, 5.41) is 0. The summed E-state index contributed by atoms with van der Waals surface area (Å²) in [6.07, 6.45) is 2.69. The quantitative estimate of drug-likeness (QED) is 0.493. The molecule has 1 aliphatic rings. The molecule has 1 fully saturated rings. The van der Waals surface area contributed by atoms with Crippen LogP contribution in [-0.2, 0) is 21.4 Å². The first-order valence-electron chi connectivity index (χ1n) is 9.78. The number of ether oxygens (including phenoxy) is 2. The van der Waals surface area contributed by atoms with Gasteiger partial charge in [-0.2, -0.15) is 4.31 Å². The fourth-order valence-corrected chi connectivity index (χ4v) is 4.94. The van der Waals surface area contributed by atoms with Gasteiger partial charge in [-0.15, -0.1) is 0 Å². The second-order valence-corrected chi connectivity index (χ2v) is 9.09. The van der Waals surface area contributed by atoms with Gasteiger partial charge in [0, 0.05) is 24.2 Å². The van der Waals surface area contributed by atoms with Crippen LogP contribution in [0.15, 0.2) is 47.4 Å². The van der Waals surface area contributed by atoms with Crippen LogP contribution in [0.25, 0.3) is 0 Å². The largest absolute Gasteiger partial charge is 0.496 e. The number of Topliss-reactive ketones (excluding diaryl/α,β-unsaturated/α-hetero) is 1. The molecule has 2 aromatic carbocycles. The van der Waals surface area contributed by atoms with Crippen LogP contribution < -0.4 is 4.74 Å². The van der Waals surface area contributed by atoms with E-state index in [1.165, 1.54) is 42.6 Å². The van der Waals surface area contributed by atoms with E-state index in [1.807, 2.05) is 0 Å². The maximum Gasteiger partial charge on any atom is 0.338 e. The van der Waals surface area contributed by atoms with Crippen molar-refractivity contribution in [2.45, 2.75) is 37.7 Å². The van der Waals surface area contributed by atoms with Gasteiger partial charge in [-0.3, -0.25) is 4.79 Å². The lowest BCUT2D eigenvalue weighted by Gasteiger charge is -2.25. The van der Waals surface area contributed by atoms with E-state index in [4.69, 9.17) is 9.47 Å². The third-order valence-electron chi connectivity index (χ3n) is 5.07. The molecule has 0 saturated carbocycles. The highest BCUT2D eigenvalue weighted by molar-refractivity contribution is 7.89. The monoisotopic (exact) mass is 431 g/mol. The van der Waals surface area contributed by atoms with Crippen molar-refractivity contribution >= 4 is 21.8 Å². The van der Waals surface area contributed by atoms with Crippen LogP contribution in [0, 0.1) is 0 Å². The number of carbonyl (C=O) groups excluding carboxylic acids is 2. The summed E-state index contributed by atoms with van der Waals surface area (Å²) in [4.78, 5) is 24.2. The maximum absolute atomic E-state index is 12.9. The number of ketones is 1. The zero-order valence-electron chi connectivity index (χ0n) is 17.1. The lowest BCUT2D eigenvalue weighted by Crippen LogP contribution is -2.35. The molecule has 30 heavy (non-hydrogen) atoms. The van der Waals surface area contributed by atoms with E-state index in [2.05, 4.69) is 0 Å². The third-order valence-corrected chi connectivity index (χ3v) is 6.96. The molecule has 0 amide bonds. The summed E-state index contributed by atoms with van der Waals surface area (Å²) in [6, 6.07) is 10.8. The van der Waals surface area contributed by atoms with Crippen LogP contribution >= 0.6 is 0 Å². The van der Waals surface area contributed by atoms with Gasteiger partial charge in [0.1, 0.15) is 12.4 Å². The molecule has 0 N–H and O–H groups in total. The number of hydrogen-bond acceptors (Lipinski definition) is 6. The van der Waals surface area contributed by atoms with Crippen molar-refractivity contribution in [1.82, 2.24) is 4.31 Å². The number of methoxy groups -OCH3 is 1. The Morgan fingerprint density at radius 1 is 1.00 bits per heavy atom. The normalized spacial score (nSPS) is 14.9. The van der Waals surface area contributed by atoms with E-state index in [9.17, 15) is 18.0 Å². The van der Waals surface area contributed by atoms with E-state index < -0.39 is 16.0 Å². The fourth-order valence-electron chi connectivity index (χ4n) is 3.37. The Morgan fingerprint density at radius 2 is 1.73 bits per heavy atom. The molecular formula is C22H25NO6S. The second-order valence-electron chi connectivity index (χ2n) is 7.15. The van der Waals surface area contributed by atoms with Gasteiger partial charge in [0.05, 0.1) is 17.6 Å². The van der Waals surface area contributed by atoms with E-state index in [-0.39, 0.29) is 22.8 Å². The van der Waals surface area contributed by atoms with Crippen LogP contribution in [0.5, 0.6) is 5.75 Å². The van der Waals surface area contributed by atoms with Gasteiger partial charge in [-0.1, -0.05) is 12.5 Å². The molecule has 1 saturated heterocycles. The molecule has 3 rings (SSSR count). The lowest BCUT2D eigenvalue weighted by molar-refractivity contribution is 0.0470. The molecule has 0 radical (unpaired) electrons. The standard InChI is InChI=1S/C22H25NO6S/c1-16(24)17-9-10-21(28-2)19(13-17)15-29-22(25)18-7-6-8-20(14-18)30(26,27)23-11-4-3-5-12-23/h6-10,13-14H,3-5,11-12,15H2,1-2H3. The van der Waals surface area contributed by atoms with Gasteiger partial charge in [0.15, 0.2) is 5.78 Å². The van der Waals surface area contributed by atoms with Gasteiger partial charge in [-0.25, -0.2) is 13.2 Å². The second kappa shape index (κ2) is 9.40. The summed E-state index contributed by atoms with van der Waals surface area (Å²) in [5.74, 6) is -0.268. The molecular weight excluding hydrogens is 406 g/mol. The summed E-state index contributed by atoms with van der Waals surface area (Å²) < 4.78 is 37.8. The van der Waals surface area contributed by atoms with Crippen molar-refractivity contribution in [3.8, 4) is 5.75 Å². The number of piperidine rings is 1. The smallest absolute Gasteiger partial charge is 0.338 e. The molecule has 8 heteroatoms. The molecule has 0 aliphatic carbocycles. The Morgan fingerprint density at radius 3 is 2.40 bits per heavy atom. The number of rotatable bonds is 7. The highest BCUT2D eigenvalue weighted by Gasteiger charge is 2.26. The Hall–Kier alpha value is -2.71.